The minimum Gasteiger partial charge on any atom is -0.493 e. The Balaban J connectivity index is 1.52. The van der Waals surface area contributed by atoms with E-state index in [1.807, 2.05) is 11.9 Å². The number of piperidine rings is 1. The lowest BCUT2D eigenvalue weighted by atomic mass is 10.0. The number of aliphatic carboxylic acids is 1. The summed E-state index contributed by atoms with van der Waals surface area (Å²) < 4.78 is 5.67. The standard InChI is InChI=1S/C18H26N2O3/c1-19(13-18(21)22)16-6-8-20(9-7-16)12-14-4-5-17-15(11-14)3-2-10-23-17/h4-5,11,16H,2-3,6-10,12-13H2,1H3,(H,21,22). The van der Waals surface area contributed by atoms with E-state index in [9.17, 15) is 4.79 Å². The predicted octanol–water partition coefficient (Wildman–Crippen LogP) is 1.99. The second-order valence-electron chi connectivity index (χ2n) is 6.71. The van der Waals surface area contributed by atoms with E-state index in [0.29, 0.717) is 6.04 Å². The van der Waals surface area contributed by atoms with Gasteiger partial charge in [0.05, 0.1) is 13.2 Å². The van der Waals surface area contributed by atoms with Crippen LogP contribution in [0.2, 0.25) is 0 Å². The Kier molecular flexibility index (Phi) is 5.18. The number of benzene rings is 1. The van der Waals surface area contributed by atoms with E-state index in [1.165, 1.54) is 11.1 Å². The van der Waals surface area contributed by atoms with Crippen LogP contribution in [-0.4, -0.2) is 60.2 Å². The zero-order valence-corrected chi connectivity index (χ0v) is 13.8. The largest absolute Gasteiger partial charge is 0.493 e. The molecule has 0 aromatic heterocycles. The minimum absolute atomic E-state index is 0.134. The van der Waals surface area contributed by atoms with Gasteiger partial charge >= 0.3 is 5.97 Å². The molecule has 0 saturated carbocycles. The third-order valence-corrected chi connectivity index (χ3v) is 4.94. The zero-order valence-electron chi connectivity index (χ0n) is 13.8. The topological polar surface area (TPSA) is 53.0 Å². The summed E-state index contributed by atoms with van der Waals surface area (Å²) in [7, 11) is 1.91. The van der Waals surface area contributed by atoms with Gasteiger partial charge in [-0.3, -0.25) is 14.6 Å². The van der Waals surface area contributed by atoms with Crippen LogP contribution in [0.15, 0.2) is 18.2 Å². The summed E-state index contributed by atoms with van der Waals surface area (Å²) in [6, 6.07) is 6.96. The third-order valence-electron chi connectivity index (χ3n) is 4.94. The lowest BCUT2D eigenvalue weighted by molar-refractivity contribution is -0.138. The number of likely N-dealkylation sites (tertiary alicyclic amines) is 1. The van der Waals surface area contributed by atoms with Gasteiger partial charge in [0, 0.05) is 12.6 Å². The summed E-state index contributed by atoms with van der Waals surface area (Å²) in [6.07, 6.45) is 4.30. The fourth-order valence-corrected chi connectivity index (χ4v) is 3.63. The maximum Gasteiger partial charge on any atom is 0.317 e. The number of fused-ring (bicyclic) bond motifs is 1. The number of carboxylic acid groups (broad SMARTS) is 1. The molecule has 1 N–H and O–H groups in total. The molecule has 0 atom stereocenters. The molecule has 0 radical (unpaired) electrons. The summed E-state index contributed by atoms with van der Waals surface area (Å²) in [5.41, 5.74) is 2.69. The van der Waals surface area contributed by atoms with Crippen molar-refractivity contribution in [3.05, 3.63) is 29.3 Å². The Bertz CT molecular complexity index is 553. The maximum atomic E-state index is 10.8. The monoisotopic (exact) mass is 318 g/mol. The minimum atomic E-state index is -0.744. The highest BCUT2D eigenvalue weighted by Gasteiger charge is 2.23. The fraction of sp³-hybridized carbons (Fsp3) is 0.611. The number of rotatable bonds is 5. The molecule has 5 nitrogen and oxygen atoms in total. The van der Waals surface area contributed by atoms with E-state index >= 15 is 0 Å². The normalized spacial score (nSPS) is 19.4. The number of nitrogens with zero attached hydrogens (tertiary/aromatic N) is 2. The summed E-state index contributed by atoms with van der Waals surface area (Å²) >= 11 is 0. The average Bonchev–Trinajstić information content (AvgIpc) is 2.55. The Morgan fingerprint density at radius 2 is 2.17 bits per heavy atom. The molecule has 0 aliphatic carbocycles. The molecule has 23 heavy (non-hydrogen) atoms. The molecule has 3 rings (SSSR count). The van der Waals surface area contributed by atoms with Crippen LogP contribution in [0, 0.1) is 0 Å². The maximum absolute atomic E-state index is 10.8. The molecule has 126 valence electrons. The SMILES string of the molecule is CN(CC(=O)O)C1CCN(Cc2ccc3c(c2)CCCO3)CC1. The number of hydrogen-bond donors (Lipinski definition) is 1. The molecular weight excluding hydrogens is 292 g/mol. The van der Waals surface area contributed by atoms with Crippen LogP contribution in [0.1, 0.15) is 30.4 Å². The van der Waals surface area contributed by atoms with Gasteiger partial charge in [-0.25, -0.2) is 0 Å². The van der Waals surface area contributed by atoms with Gasteiger partial charge in [0.1, 0.15) is 5.75 Å². The first kappa shape index (κ1) is 16.3. The van der Waals surface area contributed by atoms with E-state index < -0.39 is 5.97 Å². The van der Waals surface area contributed by atoms with Crippen LogP contribution in [0.3, 0.4) is 0 Å². The van der Waals surface area contributed by atoms with Crippen LogP contribution >= 0.6 is 0 Å². The van der Waals surface area contributed by atoms with E-state index in [-0.39, 0.29) is 6.54 Å². The summed E-state index contributed by atoms with van der Waals surface area (Å²) in [5, 5.41) is 8.90. The van der Waals surface area contributed by atoms with Crippen molar-refractivity contribution in [1.29, 1.82) is 0 Å². The number of hydrogen-bond acceptors (Lipinski definition) is 4. The van der Waals surface area contributed by atoms with Crippen molar-refractivity contribution >= 4 is 5.97 Å². The quantitative estimate of drug-likeness (QED) is 0.900. The van der Waals surface area contributed by atoms with Gasteiger partial charge in [0.2, 0.25) is 0 Å². The first-order valence-corrected chi connectivity index (χ1v) is 8.51. The predicted molar refractivity (Wildman–Crippen MR) is 88.8 cm³/mol. The summed E-state index contributed by atoms with van der Waals surface area (Å²) in [6.45, 7) is 4.01. The number of ether oxygens (including phenoxy) is 1. The first-order valence-electron chi connectivity index (χ1n) is 8.51. The van der Waals surface area contributed by atoms with E-state index in [4.69, 9.17) is 9.84 Å². The van der Waals surface area contributed by atoms with Crippen molar-refractivity contribution in [3.8, 4) is 5.75 Å². The number of aryl methyl sites for hydroxylation is 1. The van der Waals surface area contributed by atoms with E-state index in [1.54, 1.807) is 0 Å². The van der Waals surface area contributed by atoms with E-state index in [0.717, 1.165) is 57.7 Å². The smallest absolute Gasteiger partial charge is 0.317 e. The lowest BCUT2D eigenvalue weighted by Gasteiger charge is -2.36. The van der Waals surface area contributed by atoms with Crippen molar-refractivity contribution in [2.24, 2.45) is 0 Å². The van der Waals surface area contributed by atoms with Crippen LogP contribution in [0.25, 0.3) is 0 Å². The first-order chi connectivity index (χ1) is 11.1. The van der Waals surface area contributed by atoms with Crippen molar-refractivity contribution in [2.75, 3.05) is 33.3 Å². The van der Waals surface area contributed by atoms with Gasteiger partial charge in [-0.1, -0.05) is 12.1 Å². The number of carboxylic acids is 1. The Morgan fingerprint density at radius 3 is 2.91 bits per heavy atom. The molecule has 0 unspecified atom stereocenters. The molecule has 0 amide bonds. The molecule has 1 aromatic rings. The van der Waals surface area contributed by atoms with Crippen molar-refractivity contribution in [2.45, 2.75) is 38.3 Å². The Labute approximate surface area is 137 Å². The van der Waals surface area contributed by atoms with Gasteiger partial charge in [-0.2, -0.15) is 0 Å². The lowest BCUT2D eigenvalue weighted by Crippen LogP contribution is -2.44. The van der Waals surface area contributed by atoms with Crippen molar-refractivity contribution in [3.63, 3.8) is 0 Å². The van der Waals surface area contributed by atoms with Crippen LogP contribution < -0.4 is 4.74 Å². The molecule has 1 fully saturated rings. The van der Waals surface area contributed by atoms with Crippen LogP contribution in [-0.2, 0) is 17.8 Å². The number of carbonyl (C=O) groups is 1. The highest BCUT2D eigenvalue weighted by Crippen LogP contribution is 2.26. The highest BCUT2D eigenvalue weighted by molar-refractivity contribution is 5.69. The molecule has 0 spiro atoms. The van der Waals surface area contributed by atoms with Crippen LogP contribution in [0.4, 0.5) is 0 Å². The van der Waals surface area contributed by atoms with Gasteiger partial charge < -0.3 is 9.84 Å². The van der Waals surface area contributed by atoms with Gasteiger partial charge in [-0.05, 0) is 63.0 Å². The second kappa shape index (κ2) is 7.32. The molecule has 2 aliphatic rings. The number of likely N-dealkylation sites (N-methyl/N-ethyl adjacent to an activating group) is 1. The molecule has 0 bridgehead atoms. The Hall–Kier alpha value is -1.59. The fourth-order valence-electron chi connectivity index (χ4n) is 3.63. The average molecular weight is 318 g/mol. The molecule has 1 aromatic carbocycles. The van der Waals surface area contributed by atoms with Crippen molar-refractivity contribution < 1.29 is 14.6 Å². The van der Waals surface area contributed by atoms with Gasteiger partial charge in [0.25, 0.3) is 0 Å². The van der Waals surface area contributed by atoms with Gasteiger partial charge in [-0.15, -0.1) is 0 Å². The zero-order chi connectivity index (χ0) is 16.2. The summed E-state index contributed by atoms with van der Waals surface area (Å²) in [5.74, 6) is 0.306. The third kappa shape index (κ3) is 4.24. The second-order valence-corrected chi connectivity index (χ2v) is 6.71. The molecular formula is C18H26N2O3. The Morgan fingerprint density at radius 1 is 1.39 bits per heavy atom. The van der Waals surface area contributed by atoms with Crippen molar-refractivity contribution in [1.82, 2.24) is 9.80 Å². The van der Waals surface area contributed by atoms with Gasteiger partial charge in [0.15, 0.2) is 0 Å². The van der Waals surface area contributed by atoms with Crippen LogP contribution in [0.5, 0.6) is 5.75 Å². The van der Waals surface area contributed by atoms with E-state index in [2.05, 4.69) is 23.1 Å². The molecule has 2 aliphatic heterocycles. The summed E-state index contributed by atoms with van der Waals surface area (Å²) in [4.78, 5) is 15.2. The highest BCUT2D eigenvalue weighted by atomic mass is 16.5. The molecule has 2 heterocycles. The molecule has 5 heteroatoms. The molecule has 1 saturated heterocycles.